The molecule has 0 saturated carbocycles. The predicted octanol–water partition coefficient (Wildman–Crippen LogP) is 1.33. The van der Waals surface area contributed by atoms with Gasteiger partial charge in [0.05, 0.1) is 4.90 Å². The van der Waals surface area contributed by atoms with E-state index in [1.54, 1.807) is 12.1 Å². The van der Waals surface area contributed by atoms with Crippen LogP contribution >= 0.6 is 12.2 Å². The Morgan fingerprint density at radius 2 is 1.81 bits per heavy atom. The van der Waals surface area contributed by atoms with E-state index in [-0.39, 0.29) is 9.88 Å². The second-order valence-electron chi connectivity index (χ2n) is 4.67. The van der Waals surface area contributed by atoms with E-state index in [0.29, 0.717) is 12.1 Å². The van der Waals surface area contributed by atoms with Crippen LogP contribution in [0.25, 0.3) is 0 Å². The normalized spacial score (nSPS) is 11.8. The van der Waals surface area contributed by atoms with Crippen LogP contribution in [0, 0.1) is 0 Å². The van der Waals surface area contributed by atoms with Gasteiger partial charge in [0, 0.05) is 12.1 Å². The Kier molecular flexibility index (Phi) is 7.24. The smallest absolute Gasteiger partial charge is 0.240 e. The molecule has 118 valence electrons. The van der Waals surface area contributed by atoms with Gasteiger partial charge in [-0.1, -0.05) is 38.2 Å². The lowest BCUT2D eigenvalue weighted by molar-refractivity contribution is 0.300. The number of hydrogen-bond donors (Lipinski definition) is 2. The summed E-state index contributed by atoms with van der Waals surface area (Å²) in [6, 6.07) is 6.27. The van der Waals surface area contributed by atoms with E-state index in [1.165, 1.54) is 12.1 Å². The molecule has 7 heteroatoms. The third-order valence-corrected chi connectivity index (χ3v) is 5.00. The van der Waals surface area contributed by atoms with Crippen molar-refractivity contribution in [1.29, 1.82) is 0 Å². The molecule has 0 amide bonds. The zero-order chi connectivity index (χ0) is 15.9. The lowest BCUT2D eigenvalue weighted by Gasteiger charge is -2.17. The minimum atomic E-state index is -3.47. The maximum absolute atomic E-state index is 12.1. The summed E-state index contributed by atoms with van der Waals surface area (Å²) in [7, 11) is -3.47. The van der Waals surface area contributed by atoms with Crippen LogP contribution in [0.5, 0.6) is 0 Å². The molecule has 0 aromatic heterocycles. The summed E-state index contributed by atoms with van der Waals surface area (Å²) >= 11 is 4.84. The zero-order valence-corrected chi connectivity index (χ0v) is 14.1. The van der Waals surface area contributed by atoms with Crippen LogP contribution in [0.4, 0.5) is 0 Å². The first-order chi connectivity index (χ1) is 9.90. The fraction of sp³-hybridized carbons (Fsp3) is 0.500. The fourth-order valence-electron chi connectivity index (χ4n) is 1.93. The monoisotopic (exact) mass is 329 g/mol. The van der Waals surface area contributed by atoms with Crippen LogP contribution in [0.3, 0.4) is 0 Å². The van der Waals surface area contributed by atoms with E-state index in [4.69, 9.17) is 18.0 Å². The highest BCUT2D eigenvalue weighted by molar-refractivity contribution is 7.89. The highest BCUT2D eigenvalue weighted by Gasteiger charge is 2.13. The van der Waals surface area contributed by atoms with Crippen molar-refractivity contribution in [1.82, 2.24) is 9.62 Å². The van der Waals surface area contributed by atoms with Crippen molar-refractivity contribution in [2.24, 2.45) is 5.73 Å². The number of sulfonamides is 1. The second kappa shape index (κ2) is 8.43. The molecule has 0 unspecified atom stereocenters. The van der Waals surface area contributed by atoms with Crippen molar-refractivity contribution in [3.8, 4) is 0 Å². The SMILES string of the molecule is CCN(CC)CCCNS(=O)(=O)c1ccc(C(N)=S)cc1. The molecule has 0 fully saturated rings. The quantitative estimate of drug-likeness (QED) is 0.528. The summed E-state index contributed by atoms with van der Waals surface area (Å²) in [5.41, 5.74) is 6.15. The number of hydrogen-bond acceptors (Lipinski definition) is 4. The maximum atomic E-state index is 12.1. The minimum absolute atomic E-state index is 0.227. The van der Waals surface area contributed by atoms with Crippen LogP contribution in [0.15, 0.2) is 29.2 Å². The molecular weight excluding hydrogens is 306 g/mol. The third-order valence-electron chi connectivity index (χ3n) is 3.29. The first-order valence-corrected chi connectivity index (χ1v) is 8.91. The van der Waals surface area contributed by atoms with Gasteiger partial charge in [0.2, 0.25) is 10.0 Å². The van der Waals surface area contributed by atoms with Crippen LogP contribution < -0.4 is 10.5 Å². The topological polar surface area (TPSA) is 75.4 Å². The summed E-state index contributed by atoms with van der Waals surface area (Å²) in [5.74, 6) is 0. The molecule has 1 aromatic carbocycles. The van der Waals surface area contributed by atoms with Gasteiger partial charge in [-0.2, -0.15) is 0 Å². The van der Waals surface area contributed by atoms with Gasteiger partial charge in [-0.05, 0) is 38.2 Å². The van der Waals surface area contributed by atoms with Gasteiger partial charge in [0.1, 0.15) is 4.99 Å². The molecule has 0 spiro atoms. The Morgan fingerprint density at radius 3 is 2.29 bits per heavy atom. The van der Waals surface area contributed by atoms with Gasteiger partial charge < -0.3 is 10.6 Å². The van der Waals surface area contributed by atoms with Crippen molar-refractivity contribution in [2.75, 3.05) is 26.2 Å². The highest BCUT2D eigenvalue weighted by Crippen LogP contribution is 2.10. The second-order valence-corrected chi connectivity index (χ2v) is 6.87. The van der Waals surface area contributed by atoms with Crippen LogP contribution in [-0.4, -0.2) is 44.5 Å². The van der Waals surface area contributed by atoms with Gasteiger partial charge in [0.25, 0.3) is 0 Å². The molecule has 0 radical (unpaired) electrons. The largest absolute Gasteiger partial charge is 0.389 e. The van der Waals surface area contributed by atoms with E-state index in [1.807, 2.05) is 0 Å². The lowest BCUT2D eigenvalue weighted by Crippen LogP contribution is -2.30. The van der Waals surface area contributed by atoms with Gasteiger partial charge in [-0.3, -0.25) is 0 Å². The Bertz CT molecular complexity index is 552. The molecule has 0 atom stereocenters. The van der Waals surface area contributed by atoms with Gasteiger partial charge in [-0.25, -0.2) is 13.1 Å². The first-order valence-electron chi connectivity index (χ1n) is 7.02. The van der Waals surface area contributed by atoms with E-state index in [2.05, 4.69) is 23.5 Å². The summed E-state index contributed by atoms with van der Waals surface area (Å²) in [6.07, 6.45) is 0.784. The number of benzene rings is 1. The zero-order valence-electron chi connectivity index (χ0n) is 12.5. The van der Waals surface area contributed by atoms with E-state index in [9.17, 15) is 8.42 Å². The number of nitrogens with two attached hydrogens (primary N) is 1. The fourth-order valence-corrected chi connectivity index (χ4v) is 3.14. The molecular formula is C14H23N3O2S2. The van der Waals surface area contributed by atoms with E-state index >= 15 is 0 Å². The first kappa shape index (κ1) is 18.0. The molecule has 21 heavy (non-hydrogen) atoms. The Balaban J connectivity index is 2.55. The molecule has 0 aliphatic heterocycles. The molecule has 0 bridgehead atoms. The van der Waals surface area contributed by atoms with Crippen molar-refractivity contribution in [2.45, 2.75) is 25.2 Å². The number of nitrogens with zero attached hydrogens (tertiary/aromatic N) is 1. The van der Waals surface area contributed by atoms with E-state index < -0.39 is 10.0 Å². The van der Waals surface area contributed by atoms with Gasteiger partial charge in [-0.15, -0.1) is 0 Å². The molecule has 0 aliphatic carbocycles. The molecule has 5 nitrogen and oxygen atoms in total. The average Bonchev–Trinajstić information content (AvgIpc) is 2.47. The van der Waals surface area contributed by atoms with Crippen LogP contribution in [0.2, 0.25) is 0 Å². The molecule has 3 N–H and O–H groups in total. The van der Waals surface area contributed by atoms with Crippen LogP contribution in [-0.2, 0) is 10.0 Å². The Labute approximate surface area is 132 Å². The lowest BCUT2D eigenvalue weighted by atomic mass is 10.2. The molecule has 0 saturated heterocycles. The summed E-state index contributed by atoms with van der Waals surface area (Å²) in [5, 5.41) is 0. The third kappa shape index (κ3) is 5.70. The molecule has 1 rings (SSSR count). The molecule has 1 aromatic rings. The standard InChI is InChI=1S/C14H23N3O2S2/c1-3-17(4-2)11-5-10-16-21(18,19)13-8-6-12(7-9-13)14(15)20/h6-9,16H,3-5,10-11H2,1-2H3,(H2,15,20). The van der Waals surface area contributed by atoms with Crippen LogP contribution in [0.1, 0.15) is 25.8 Å². The van der Waals surface area contributed by atoms with Crippen molar-refractivity contribution in [3.05, 3.63) is 29.8 Å². The molecule has 0 heterocycles. The highest BCUT2D eigenvalue weighted by atomic mass is 32.2. The summed E-state index contributed by atoms with van der Waals surface area (Å²) in [4.78, 5) is 2.74. The number of rotatable bonds is 9. The number of thiocarbonyl (C=S) groups is 1. The van der Waals surface area contributed by atoms with Crippen molar-refractivity contribution < 1.29 is 8.42 Å². The van der Waals surface area contributed by atoms with Gasteiger partial charge in [0.15, 0.2) is 0 Å². The van der Waals surface area contributed by atoms with Crippen molar-refractivity contribution in [3.63, 3.8) is 0 Å². The minimum Gasteiger partial charge on any atom is -0.389 e. The summed E-state index contributed by atoms with van der Waals surface area (Å²) < 4.78 is 26.8. The average molecular weight is 329 g/mol. The Morgan fingerprint density at radius 1 is 1.24 bits per heavy atom. The van der Waals surface area contributed by atoms with Gasteiger partial charge >= 0.3 is 0 Å². The van der Waals surface area contributed by atoms with Crippen molar-refractivity contribution >= 4 is 27.2 Å². The number of nitrogens with one attached hydrogen (secondary N) is 1. The Hall–Kier alpha value is -1.02. The maximum Gasteiger partial charge on any atom is 0.240 e. The van der Waals surface area contributed by atoms with E-state index in [0.717, 1.165) is 26.1 Å². The predicted molar refractivity (Wildman–Crippen MR) is 89.9 cm³/mol. The molecule has 0 aliphatic rings. The summed E-state index contributed by atoms with van der Waals surface area (Å²) in [6.45, 7) is 7.45.